The summed E-state index contributed by atoms with van der Waals surface area (Å²) in [5.74, 6) is 0.805. The highest BCUT2D eigenvalue weighted by atomic mass is 16.5. The zero-order valence-electron chi connectivity index (χ0n) is 14.6. The first-order valence-electron chi connectivity index (χ1n) is 8.16. The molecule has 26 heavy (non-hydrogen) atoms. The van der Waals surface area contributed by atoms with Gasteiger partial charge in [-0.1, -0.05) is 30.9 Å². The Balaban J connectivity index is 2.17. The maximum atomic E-state index is 12.4. The highest BCUT2D eigenvalue weighted by Gasteiger charge is 2.11. The van der Waals surface area contributed by atoms with Crippen LogP contribution in [0, 0.1) is 11.3 Å². The third-order valence-electron chi connectivity index (χ3n) is 3.36. The number of nitrogens with one attached hydrogen (secondary N) is 1. The van der Waals surface area contributed by atoms with Gasteiger partial charge in [-0.05, 0) is 43.3 Å². The SMILES string of the molecule is C=CCOc1ccccc1/C=C(\C#N)C(=O)Nc1ccc(OCC)cc1. The van der Waals surface area contributed by atoms with Gasteiger partial charge in [-0.25, -0.2) is 0 Å². The van der Waals surface area contributed by atoms with Gasteiger partial charge in [0.05, 0.1) is 6.61 Å². The molecule has 0 unspecified atom stereocenters. The molecule has 5 heteroatoms. The molecule has 0 aliphatic carbocycles. The normalized spacial score (nSPS) is 10.5. The van der Waals surface area contributed by atoms with Crippen molar-refractivity contribution in [3.8, 4) is 17.6 Å². The number of ether oxygens (including phenoxy) is 2. The number of amides is 1. The quantitative estimate of drug-likeness (QED) is 0.441. The van der Waals surface area contributed by atoms with Crippen LogP contribution in [0.15, 0.2) is 66.8 Å². The summed E-state index contributed by atoms with van der Waals surface area (Å²) in [4.78, 5) is 12.4. The second-order valence-corrected chi connectivity index (χ2v) is 5.22. The summed E-state index contributed by atoms with van der Waals surface area (Å²) in [6.45, 7) is 6.42. The number of nitrogens with zero attached hydrogens (tertiary/aromatic N) is 1. The highest BCUT2D eigenvalue weighted by Crippen LogP contribution is 2.22. The lowest BCUT2D eigenvalue weighted by molar-refractivity contribution is -0.112. The molecule has 0 aromatic heterocycles. The van der Waals surface area contributed by atoms with Gasteiger partial charge in [0.15, 0.2) is 0 Å². The first-order valence-corrected chi connectivity index (χ1v) is 8.16. The smallest absolute Gasteiger partial charge is 0.266 e. The van der Waals surface area contributed by atoms with Gasteiger partial charge in [-0.15, -0.1) is 0 Å². The van der Waals surface area contributed by atoms with Crippen molar-refractivity contribution in [3.63, 3.8) is 0 Å². The average Bonchev–Trinajstić information content (AvgIpc) is 2.66. The fourth-order valence-electron chi connectivity index (χ4n) is 2.18. The molecule has 0 spiro atoms. The Morgan fingerprint density at radius 3 is 2.58 bits per heavy atom. The van der Waals surface area contributed by atoms with Gasteiger partial charge in [-0.3, -0.25) is 4.79 Å². The lowest BCUT2D eigenvalue weighted by Gasteiger charge is -2.08. The molecule has 1 N–H and O–H groups in total. The van der Waals surface area contributed by atoms with Gasteiger partial charge in [0.1, 0.15) is 29.7 Å². The second-order valence-electron chi connectivity index (χ2n) is 5.22. The molecule has 0 saturated carbocycles. The van der Waals surface area contributed by atoms with E-state index in [1.807, 2.05) is 25.1 Å². The fraction of sp³-hybridized carbons (Fsp3) is 0.143. The predicted octanol–water partition coefficient (Wildman–Crippen LogP) is 4.20. The van der Waals surface area contributed by atoms with E-state index < -0.39 is 5.91 Å². The molecule has 0 aliphatic heterocycles. The second kappa shape index (κ2) is 9.70. The van der Waals surface area contributed by atoms with Crippen molar-refractivity contribution >= 4 is 17.7 Å². The monoisotopic (exact) mass is 348 g/mol. The van der Waals surface area contributed by atoms with E-state index in [1.165, 1.54) is 6.08 Å². The van der Waals surface area contributed by atoms with Gasteiger partial charge >= 0.3 is 0 Å². The maximum absolute atomic E-state index is 12.4. The van der Waals surface area contributed by atoms with E-state index in [1.54, 1.807) is 42.5 Å². The van der Waals surface area contributed by atoms with Crippen molar-refractivity contribution in [1.29, 1.82) is 5.26 Å². The summed E-state index contributed by atoms with van der Waals surface area (Å²) >= 11 is 0. The molecule has 0 atom stereocenters. The standard InChI is InChI=1S/C21H20N2O3/c1-3-13-26-20-8-6-5-7-16(20)14-17(15-22)21(24)23-18-9-11-19(12-10-18)25-4-2/h3,5-12,14H,1,4,13H2,2H3,(H,23,24)/b17-14+. The van der Waals surface area contributed by atoms with Crippen LogP contribution >= 0.6 is 0 Å². The summed E-state index contributed by atoms with van der Waals surface area (Å²) < 4.78 is 10.9. The number of nitriles is 1. The lowest BCUT2D eigenvalue weighted by atomic mass is 10.1. The molecule has 2 aromatic rings. The van der Waals surface area contributed by atoms with Crippen molar-refractivity contribution in [1.82, 2.24) is 0 Å². The molecule has 0 aliphatic rings. The number of carbonyl (C=O) groups is 1. The van der Waals surface area contributed by atoms with Gasteiger partial charge in [0.2, 0.25) is 0 Å². The first kappa shape index (κ1) is 18.8. The molecule has 0 saturated heterocycles. The third kappa shape index (κ3) is 5.25. The Morgan fingerprint density at radius 1 is 1.19 bits per heavy atom. The molecule has 0 fully saturated rings. The molecular formula is C21H20N2O3. The predicted molar refractivity (Wildman–Crippen MR) is 102 cm³/mol. The Labute approximate surface area is 153 Å². The van der Waals surface area contributed by atoms with E-state index >= 15 is 0 Å². The van der Waals surface area contributed by atoms with E-state index in [2.05, 4.69) is 11.9 Å². The van der Waals surface area contributed by atoms with E-state index in [0.717, 1.165) is 5.75 Å². The van der Waals surface area contributed by atoms with Crippen LogP contribution in [-0.2, 0) is 4.79 Å². The molecule has 2 rings (SSSR count). The first-order chi connectivity index (χ1) is 12.7. The summed E-state index contributed by atoms with van der Waals surface area (Å²) in [6, 6.07) is 16.1. The van der Waals surface area contributed by atoms with E-state index in [-0.39, 0.29) is 5.57 Å². The number of rotatable bonds is 8. The molecule has 0 bridgehead atoms. The van der Waals surface area contributed by atoms with Crippen LogP contribution in [-0.4, -0.2) is 19.1 Å². The lowest BCUT2D eigenvalue weighted by Crippen LogP contribution is -2.13. The van der Waals surface area contributed by atoms with Gasteiger partial charge in [0.25, 0.3) is 5.91 Å². The minimum absolute atomic E-state index is 0.0199. The van der Waals surface area contributed by atoms with Crippen LogP contribution in [0.5, 0.6) is 11.5 Å². The van der Waals surface area contributed by atoms with Crippen molar-refractivity contribution in [2.24, 2.45) is 0 Å². The summed E-state index contributed by atoms with van der Waals surface area (Å²) in [5, 5.41) is 12.1. The fourth-order valence-corrected chi connectivity index (χ4v) is 2.18. The Kier molecular flexibility index (Phi) is 7.02. The highest BCUT2D eigenvalue weighted by molar-refractivity contribution is 6.09. The number of benzene rings is 2. The molecule has 2 aromatic carbocycles. The Hall–Kier alpha value is -3.52. The van der Waals surface area contributed by atoms with Crippen molar-refractivity contribution in [2.75, 3.05) is 18.5 Å². The summed E-state index contributed by atoms with van der Waals surface area (Å²) in [7, 11) is 0. The number of anilines is 1. The van der Waals surface area contributed by atoms with Crippen LogP contribution < -0.4 is 14.8 Å². The van der Waals surface area contributed by atoms with Crippen LogP contribution in [0.1, 0.15) is 12.5 Å². The maximum Gasteiger partial charge on any atom is 0.266 e. The van der Waals surface area contributed by atoms with Crippen LogP contribution in [0.2, 0.25) is 0 Å². The minimum Gasteiger partial charge on any atom is -0.494 e. The van der Waals surface area contributed by atoms with Crippen molar-refractivity contribution < 1.29 is 14.3 Å². The molecule has 5 nitrogen and oxygen atoms in total. The zero-order valence-corrected chi connectivity index (χ0v) is 14.6. The van der Waals surface area contributed by atoms with Crippen molar-refractivity contribution in [3.05, 3.63) is 72.3 Å². The summed E-state index contributed by atoms with van der Waals surface area (Å²) in [6.07, 6.45) is 3.13. The largest absolute Gasteiger partial charge is 0.494 e. The van der Waals surface area contributed by atoms with Gasteiger partial charge in [-0.2, -0.15) is 5.26 Å². The molecular weight excluding hydrogens is 328 g/mol. The average molecular weight is 348 g/mol. The number of carbonyl (C=O) groups excluding carboxylic acids is 1. The molecule has 1 amide bonds. The van der Waals surface area contributed by atoms with E-state index in [4.69, 9.17) is 9.47 Å². The Morgan fingerprint density at radius 2 is 1.92 bits per heavy atom. The minimum atomic E-state index is -0.491. The molecule has 0 radical (unpaired) electrons. The van der Waals surface area contributed by atoms with Crippen LogP contribution in [0.4, 0.5) is 5.69 Å². The molecule has 0 heterocycles. The number of para-hydroxylation sites is 1. The topological polar surface area (TPSA) is 71.3 Å². The van der Waals surface area contributed by atoms with Gasteiger partial charge < -0.3 is 14.8 Å². The number of hydrogen-bond acceptors (Lipinski definition) is 4. The van der Waals surface area contributed by atoms with Gasteiger partial charge in [0, 0.05) is 11.3 Å². The van der Waals surface area contributed by atoms with E-state index in [9.17, 15) is 10.1 Å². The van der Waals surface area contributed by atoms with E-state index in [0.29, 0.717) is 30.2 Å². The van der Waals surface area contributed by atoms with Crippen LogP contribution in [0.25, 0.3) is 6.08 Å². The van der Waals surface area contributed by atoms with Crippen LogP contribution in [0.3, 0.4) is 0 Å². The summed E-state index contributed by atoms with van der Waals surface area (Å²) in [5.41, 5.74) is 1.21. The third-order valence-corrected chi connectivity index (χ3v) is 3.36. The molecule has 132 valence electrons. The number of hydrogen-bond donors (Lipinski definition) is 1. The zero-order chi connectivity index (χ0) is 18.8. The Bertz CT molecular complexity index is 833. The van der Waals surface area contributed by atoms with Crippen molar-refractivity contribution in [2.45, 2.75) is 6.92 Å².